The lowest BCUT2D eigenvalue weighted by Crippen LogP contribution is -2.27. The van der Waals surface area contributed by atoms with E-state index < -0.39 is 5.97 Å². The first-order valence-electron chi connectivity index (χ1n) is 7.67. The topological polar surface area (TPSA) is 79.5 Å². The first-order valence-corrected chi connectivity index (χ1v) is 7.67. The van der Waals surface area contributed by atoms with E-state index in [1.807, 2.05) is 0 Å². The molecule has 0 saturated carbocycles. The highest BCUT2D eigenvalue weighted by Crippen LogP contribution is 2.25. The van der Waals surface area contributed by atoms with E-state index in [1.165, 1.54) is 6.26 Å². The Labute approximate surface area is 132 Å². The molecule has 1 amide bonds. The molecule has 0 spiro atoms. The third kappa shape index (κ3) is 5.92. The average Bonchev–Trinajstić information content (AvgIpc) is 2.67. The zero-order valence-electron chi connectivity index (χ0n) is 14.2. The molecule has 0 aliphatic carbocycles. The van der Waals surface area contributed by atoms with Crippen molar-refractivity contribution < 1.29 is 19.1 Å². The molecule has 2 N–H and O–H groups in total. The Hall–Kier alpha value is -1.78. The van der Waals surface area contributed by atoms with E-state index in [0.29, 0.717) is 23.6 Å². The standard InChI is InChI=1S/C17H27NO4/c1-11(9-17(3,4)5)6-7-18-16(21)15-12(2)10-22-13(15)8-14(19)20/h10-11H,6-9H2,1-5H3,(H,18,21)(H,19,20). The smallest absolute Gasteiger partial charge is 0.311 e. The van der Waals surface area contributed by atoms with Crippen LogP contribution in [-0.2, 0) is 11.2 Å². The molecule has 1 rings (SSSR count). The van der Waals surface area contributed by atoms with Gasteiger partial charge in [-0.05, 0) is 31.1 Å². The summed E-state index contributed by atoms with van der Waals surface area (Å²) >= 11 is 0. The van der Waals surface area contributed by atoms with E-state index in [2.05, 4.69) is 33.0 Å². The highest BCUT2D eigenvalue weighted by Gasteiger charge is 2.21. The molecule has 0 aliphatic rings. The van der Waals surface area contributed by atoms with Crippen molar-refractivity contribution in [3.05, 3.63) is 23.2 Å². The summed E-state index contributed by atoms with van der Waals surface area (Å²) in [4.78, 5) is 23.0. The second-order valence-electron chi connectivity index (χ2n) is 7.20. The van der Waals surface area contributed by atoms with Crippen molar-refractivity contribution in [1.82, 2.24) is 5.32 Å². The van der Waals surface area contributed by atoms with Gasteiger partial charge in [0.2, 0.25) is 0 Å². The molecule has 5 heteroatoms. The van der Waals surface area contributed by atoms with Gasteiger partial charge in [0.25, 0.3) is 5.91 Å². The van der Waals surface area contributed by atoms with Crippen LogP contribution in [0.15, 0.2) is 10.7 Å². The van der Waals surface area contributed by atoms with Crippen molar-refractivity contribution in [2.75, 3.05) is 6.54 Å². The monoisotopic (exact) mass is 309 g/mol. The van der Waals surface area contributed by atoms with E-state index >= 15 is 0 Å². The number of carboxylic acid groups (broad SMARTS) is 1. The van der Waals surface area contributed by atoms with Crippen molar-refractivity contribution in [2.24, 2.45) is 11.3 Å². The minimum absolute atomic E-state index is 0.213. The van der Waals surface area contributed by atoms with Gasteiger partial charge in [0.1, 0.15) is 12.2 Å². The number of carbonyl (C=O) groups excluding carboxylic acids is 1. The Kier molecular flexibility index (Phi) is 6.21. The molecule has 1 aromatic heterocycles. The van der Waals surface area contributed by atoms with Crippen molar-refractivity contribution in [2.45, 2.75) is 53.9 Å². The fourth-order valence-corrected chi connectivity index (χ4v) is 2.74. The van der Waals surface area contributed by atoms with Crippen LogP contribution in [-0.4, -0.2) is 23.5 Å². The summed E-state index contributed by atoms with van der Waals surface area (Å²) in [5.74, 6) is -0.540. The third-order valence-electron chi connectivity index (χ3n) is 3.47. The third-order valence-corrected chi connectivity index (χ3v) is 3.47. The molecule has 1 aromatic rings. The molecule has 1 atom stereocenters. The quantitative estimate of drug-likeness (QED) is 0.809. The molecule has 0 aliphatic heterocycles. The normalized spacial score (nSPS) is 13.0. The summed E-state index contributed by atoms with van der Waals surface area (Å²) in [6.07, 6.45) is 3.14. The Balaban J connectivity index is 2.56. The number of nitrogens with one attached hydrogen (secondary N) is 1. The maximum atomic E-state index is 12.2. The predicted molar refractivity (Wildman–Crippen MR) is 85.0 cm³/mol. The lowest BCUT2D eigenvalue weighted by Gasteiger charge is -2.23. The lowest BCUT2D eigenvalue weighted by molar-refractivity contribution is -0.136. The van der Waals surface area contributed by atoms with Crippen molar-refractivity contribution >= 4 is 11.9 Å². The molecular formula is C17H27NO4. The maximum Gasteiger partial charge on any atom is 0.311 e. The van der Waals surface area contributed by atoms with Crippen LogP contribution in [0.4, 0.5) is 0 Å². The number of rotatable bonds is 7. The second kappa shape index (κ2) is 7.47. The van der Waals surface area contributed by atoms with Gasteiger partial charge in [0, 0.05) is 12.1 Å². The highest BCUT2D eigenvalue weighted by molar-refractivity contribution is 5.97. The summed E-state index contributed by atoms with van der Waals surface area (Å²) in [7, 11) is 0. The van der Waals surface area contributed by atoms with Gasteiger partial charge in [-0.3, -0.25) is 9.59 Å². The van der Waals surface area contributed by atoms with Crippen LogP contribution in [0.25, 0.3) is 0 Å². The van der Waals surface area contributed by atoms with Crippen LogP contribution >= 0.6 is 0 Å². The molecular weight excluding hydrogens is 282 g/mol. The summed E-state index contributed by atoms with van der Waals surface area (Å²) in [5, 5.41) is 11.7. The minimum atomic E-state index is -1.01. The summed E-state index contributed by atoms with van der Waals surface area (Å²) in [6.45, 7) is 11.1. The average molecular weight is 309 g/mol. The number of carbonyl (C=O) groups is 2. The summed E-state index contributed by atoms with van der Waals surface area (Å²) in [5.41, 5.74) is 1.29. The minimum Gasteiger partial charge on any atom is -0.481 e. The SMILES string of the molecule is Cc1coc(CC(=O)O)c1C(=O)NCCC(C)CC(C)(C)C. The molecule has 0 saturated heterocycles. The van der Waals surface area contributed by atoms with E-state index in [1.54, 1.807) is 6.92 Å². The van der Waals surface area contributed by atoms with Gasteiger partial charge in [-0.15, -0.1) is 0 Å². The van der Waals surface area contributed by atoms with Gasteiger partial charge < -0.3 is 14.8 Å². The zero-order chi connectivity index (χ0) is 16.9. The molecule has 22 heavy (non-hydrogen) atoms. The van der Waals surface area contributed by atoms with Gasteiger partial charge >= 0.3 is 5.97 Å². The van der Waals surface area contributed by atoms with E-state index in [-0.39, 0.29) is 23.5 Å². The maximum absolute atomic E-state index is 12.2. The van der Waals surface area contributed by atoms with Crippen LogP contribution in [0.5, 0.6) is 0 Å². The van der Waals surface area contributed by atoms with Crippen LogP contribution in [0.2, 0.25) is 0 Å². The fourth-order valence-electron chi connectivity index (χ4n) is 2.74. The van der Waals surface area contributed by atoms with E-state index in [9.17, 15) is 9.59 Å². The first-order chi connectivity index (χ1) is 10.1. The molecule has 0 fully saturated rings. The molecule has 5 nitrogen and oxygen atoms in total. The van der Waals surface area contributed by atoms with Gasteiger partial charge in [-0.25, -0.2) is 0 Å². The van der Waals surface area contributed by atoms with Crippen LogP contribution < -0.4 is 5.32 Å². The number of hydrogen-bond donors (Lipinski definition) is 2. The first kappa shape index (κ1) is 18.3. The number of hydrogen-bond acceptors (Lipinski definition) is 3. The molecule has 0 aromatic carbocycles. The van der Waals surface area contributed by atoms with Crippen LogP contribution in [0.3, 0.4) is 0 Å². The largest absolute Gasteiger partial charge is 0.481 e. The van der Waals surface area contributed by atoms with Gasteiger partial charge in [0.05, 0.1) is 11.8 Å². The molecule has 124 valence electrons. The number of furan rings is 1. The number of carboxylic acids is 1. The number of amides is 1. The summed E-state index contributed by atoms with van der Waals surface area (Å²) in [6, 6.07) is 0. The fraction of sp³-hybridized carbons (Fsp3) is 0.647. The Morgan fingerprint density at radius 3 is 2.55 bits per heavy atom. The second-order valence-corrected chi connectivity index (χ2v) is 7.20. The number of aliphatic carboxylic acids is 1. The zero-order valence-corrected chi connectivity index (χ0v) is 14.2. The van der Waals surface area contributed by atoms with Gasteiger partial charge in [-0.2, -0.15) is 0 Å². The number of aryl methyl sites for hydroxylation is 1. The van der Waals surface area contributed by atoms with Gasteiger partial charge in [-0.1, -0.05) is 27.7 Å². The van der Waals surface area contributed by atoms with Crippen LogP contribution in [0, 0.1) is 18.3 Å². The molecule has 1 heterocycles. The Morgan fingerprint density at radius 1 is 1.36 bits per heavy atom. The van der Waals surface area contributed by atoms with Crippen molar-refractivity contribution in [3.8, 4) is 0 Å². The summed E-state index contributed by atoms with van der Waals surface area (Å²) < 4.78 is 5.18. The van der Waals surface area contributed by atoms with Crippen molar-refractivity contribution in [3.63, 3.8) is 0 Å². The highest BCUT2D eigenvalue weighted by atomic mass is 16.4. The van der Waals surface area contributed by atoms with E-state index in [4.69, 9.17) is 9.52 Å². The Bertz CT molecular complexity index is 525. The lowest BCUT2D eigenvalue weighted by atomic mass is 9.84. The molecule has 1 unspecified atom stereocenters. The van der Waals surface area contributed by atoms with Gasteiger partial charge in [0.15, 0.2) is 0 Å². The molecule has 0 radical (unpaired) electrons. The van der Waals surface area contributed by atoms with Crippen LogP contribution in [0.1, 0.15) is 62.2 Å². The Morgan fingerprint density at radius 2 is 2.00 bits per heavy atom. The predicted octanol–water partition coefficient (Wildman–Crippen LogP) is 3.41. The van der Waals surface area contributed by atoms with E-state index in [0.717, 1.165) is 12.8 Å². The molecule has 0 bridgehead atoms. The van der Waals surface area contributed by atoms with Crippen molar-refractivity contribution in [1.29, 1.82) is 0 Å².